The number of para-hydroxylation sites is 2. The zero-order valence-corrected chi connectivity index (χ0v) is 21.6. The number of carbonyl (C=O) groups excluding carboxylic acids is 1. The molecule has 7 nitrogen and oxygen atoms in total. The van der Waals surface area contributed by atoms with Gasteiger partial charge < -0.3 is 24.1 Å². The number of aromatic amines is 1. The number of fused-ring (bicyclic) bond motifs is 2. The standard InChI is InChI=1S/C30H25F3N2O5/c1-17(36)39-16-15-21-20-7-3-5-9-23(20)34-27(21)25(18-11-13-19(14-12-18)40-30(31,32)33)26-28(37)22-8-4-6-10-24(22)35(2)29(26)38/h3-14,25,34,37H,15-16H2,1-2H3. The number of nitrogens with zero attached hydrogens (tertiary/aromatic N) is 1. The average Bonchev–Trinajstić information content (AvgIpc) is 3.27. The van der Waals surface area contributed by atoms with Gasteiger partial charge in [-0.2, -0.15) is 0 Å². The Morgan fingerprint density at radius 1 is 1.00 bits per heavy atom. The van der Waals surface area contributed by atoms with E-state index in [1.165, 1.54) is 35.8 Å². The number of alkyl halides is 3. The minimum Gasteiger partial charge on any atom is -0.507 e. The summed E-state index contributed by atoms with van der Waals surface area (Å²) in [6.45, 7) is 1.37. The normalized spacial score (nSPS) is 12.5. The van der Waals surface area contributed by atoms with E-state index in [1.807, 2.05) is 24.3 Å². The van der Waals surface area contributed by atoms with Gasteiger partial charge in [-0.3, -0.25) is 9.59 Å². The predicted molar refractivity (Wildman–Crippen MR) is 144 cm³/mol. The SMILES string of the molecule is CC(=O)OCCc1c(C(c2ccc(OC(F)(F)F)cc2)c2c(O)c3ccccc3n(C)c2=O)[nH]c2ccccc12. The van der Waals surface area contributed by atoms with Gasteiger partial charge in [-0.25, -0.2) is 0 Å². The number of esters is 1. The number of aromatic nitrogens is 2. The maximum atomic E-state index is 13.8. The number of hydrogen-bond donors (Lipinski definition) is 2. The summed E-state index contributed by atoms with van der Waals surface area (Å²) in [5.41, 5.74) is 2.57. The molecule has 0 fully saturated rings. The smallest absolute Gasteiger partial charge is 0.507 e. The second-order valence-electron chi connectivity index (χ2n) is 9.35. The first-order valence-corrected chi connectivity index (χ1v) is 12.4. The Balaban J connectivity index is 1.78. The summed E-state index contributed by atoms with van der Waals surface area (Å²) in [4.78, 5) is 28.7. The van der Waals surface area contributed by atoms with Crippen LogP contribution in [0.15, 0.2) is 77.6 Å². The molecule has 1 atom stereocenters. The third-order valence-electron chi connectivity index (χ3n) is 6.84. The van der Waals surface area contributed by atoms with Gasteiger partial charge in [0.1, 0.15) is 11.5 Å². The van der Waals surface area contributed by atoms with Crippen molar-refractivity contribution >= 4 is 27.8 Å². The molecule has 5 rings (SSSR count). The molecule has 0 saturated carbocycles. The highest BCUT2D eigenvalue weighted by Gasteiger charge is 2.33. The predicted octanol–water partition coefficient (Wildman–Crippen LogP) is 5.91. The van der Waals surface area contributed by atoms with Gasteiger partial charge >= 0.3 is 12.3 Å². The van der Waals surface area contributed by atoms with E-state index >= 15 is 0 Å². The lowest BCUT2D eigenvalue weighted by atomic mass is 9.85. The molecule has 0 spiro atoms. The number of nitrogens with one attached hydrogen (secondary N) is 1. The molecule has 2 N–H and O–H groups in total. The van der Waals surface area contributed by atoms with Gasteiger partial charge in [0, 0.05) is 42.4 Å². The lowest BCUT2D eigenvalue weighted by molar-refractivity contribution is -0.274. The lowest BCUT2D eigenvalue weighted by Crippen LogP contribution is -2.25. The average molecular weight is 551 g/mol. The Morgan fingerprint density at radius 3 is 2.33 bits per heavy atom. The van der Waals surface area contributed by atoms with E-state index in [4.69, 9.17) is 4.74 Å². The van der Waals surface area contributed by atoms with Crippen molar-refractivity contribution in [2.75, 3.05) is 6.61 Å². The zero-order chi connectivity index (χ0) is 28.6. The Labute approximate surface area is 226 Å². The summed E-state index contributed by atoms with van der Waals surface area (Å²) in [5.74, 6) is -2.01. The maximum Gasteiger partial charge on any atom is 0.573 e. The van der Waals surface area contributed by atoms with Crippen molar-refractivity contribution in [2.24, 2.45) is 7.05 Å². The number of aromatic hydroxyl groups is 1. The topological polar surface area (TPSA) is 93.6 Å². The summed E-state index contributed by atoms with van der Waals surface area (Å²) in [6, 6.07) is 19.5. The maximum absolute atomic E-state index is 13.8. The molecule has 0 aliphatic rings. The Kier molecular flexibility index (Phi) is 7.01. The Bertz CT molecular complexity index is 1770. The highest BCUT2D eigenvalue weighted by molar-refractivity contribution is 5.88. The highest BCUT2D eigenvalue weighted by atomic mass is 19.4. The monoisotopic (exact) mass is 550 g/mol. The van der Waals surface area contributed by atoms with Gasteiger partial charge in [-0.15, -0.1) is 13.2 Å². The summed E-state index contributed by atoms with van der Waals surface area (Å²) in [6.07, 6.45) is -4.58. The molecular formula is C30H25F3N2O5. The van der Waals surface area contributed by atoms with Gasteiger partial charge in [0.25, 0.3) is 5.56 Å². The van der Waals surface area contributed by atoms with Crippen LogP contribution >= 0.6 is 0 Å². The van der Waals surface area contributed by atoms with Crippen LogP contribution in [0, 0.1) is 0 Å². The number of carbonyl (C=O) groups is 1. The molecule has 5 aromatic rings. The van der Waals surface area contributed by atoms with Gasteiger partial charge in [0.2, 0.25) is 0 Å². The summed E-state index contributed by atoms with van der Waals surface area (Å²) in [5, 5.41) is 12.8. The van der Waals surface area contributed by atoms with Crippen LogP contribution in [-0.4, -0.2) is 33.6 Å². The van der Waals surface area contributed by atoms with E-state index in [0.717, 1.165) is 16.5 Å². The van der Waals surface area contributed by atoms with Gasteiger partial charge in [0.15, 0.2) is 0 Å². The number of hydrogen-bond acceptors (Lipinski definition) is 5. The first kappa shape index (κ1) is 26.9. The van der Waals surface area contributed by atoms with E-state index in [2.05, 4.69) is 9.72 Å². The minimum atomic E-state index is -4.87. The van der Waals surface area contributed by atoms with Crippen LogP contribution in [0.2, 0.25) is 0 Å². The molecular weight excluding hydrogens is 525 g/mol. The van der Waals surface area contributed by atoms with Crippen LogP contribution in [0.4, 0.5) is 13.2 Å². The molecule has 0 radical (unpaired) electrons. The first-order valence-electron chi connectivity index (χ1n) is 12.4. The van der Waals surface area contributed by atoms with Gasteiger partial charge in [-0.1, -0.05) is 42.5 Å². The van der Waals surface area contributed by atoms with Crippen LogP contribution in [0.3, 0.4) is 0 Å². The second kappa shape index (κ2) is 10.4. The van der Waals surface area contributed by atoms with E-state index in [0.29, 0.717) is 28.6 Å². The summed E-state index contributed by atoms with van der Waals surface area (Å²) >= 11 is 0. The van der Waals surface area contributed by atoms with Crippen LogP contribution in [-0.2, 0) is 23.0 Å². The van der Waals surface area contributed by atoms with Gasteiger partial charge in [0.05, 0.1) is 23.6 Å². The Morgan fingerprint density at radius 2 is 1.65 bits per heavy atom. The van der Waals surface area contributed by atoms with Crippen LogP contribution in [0.25, 0.3) is 21.8 Å². The number of H-pyrrole nitrogens is 1. The number of halogens is 3. The number of benzene rings is 3. The van der Waals surface area contributed by atoms with Crippen LogP contribution in [0.5, 0.6) is 11.5 Å². The van der Waals surface area contributed by atoms with E-state index in [1.54, 1.807) is 31.3 Å². The molecule has 0 aliphatic carbocycles. The summed E-state index contributed by atoms with van der Waals surface area (Å²) < 4.78 is 49.2. The molecule has 10 heteroatoms. The fourth-order valence-electron chi connectivity index (χ4n) is 5.14. The van der Waals surface area contributed by atoms with E-state index < -0.39 is 29.6 Å². The first-order chi connectivity index (χ1) is 19.0. The second-order valence-corrected chi connectivity index (χ2v) is 9.35. The van der Waals surface area contributed by atoms with E-state index in [9.17, 15) is 27.9 Å². The minimum absolute atomic E-state index is 0.0472. The fraction of sp³-hybridized carbons (Fsp3) is 0.200. The van der Waals surface area contributed by atoms with Crippen molar-refractivity contribution in [2.45, 2.75) is 25.6 Å². The number of ether oxygens (including phenoxy) is 2. The number of pyridine rings is 1. The molecule has 0 aliphatic heterocycles. The van der Waals surface area contributed by atoms with Gasteiger partial charge in [-0.05, 0) is 41.5 Å². The highest BCUT2D eigenvalue weighted by Crippen LogP contribution is 2.41. The largest absolute Gasteiger partial charge is 0.573 e. The number of rotatable bonds is 7. The Hall–Kier alpha value is -4.73. The molecule has 0 amide bonds. The van der Waals surface area contributed by atoms with Crippen molar-refractivity contribution in [3.05, 3.63) is 106 Å². The molecule has 2 heterocycles. The lowest BCUT2D eigenvalue weighted by Gasteiger charge is -2.22. The van der Waals surface area contributed by atoms with Crippen LogP contribution in [0.1, 0.15) is 35.2 Å². The van der Waals surface area contributed by atoms with E-state index in [-0.39, 0.29) is 17.9 Å². The molecule has 2 aromatic heterocycles. The molecule has 1 unspecified atom stereocenters. The fourth-order valence-corrected chi connectivity index (χ4v) is 5.14. The molecule has 0 bridgehead atoms. The quantitative estimate of drug-likeness (QED) is 0.246. The van der Waals surface area contributed by atoms with Crippen molar-refractivity contribution in [1.29, 1.82) is 0 Å². The zero-order valence-electron chi connectivity index (χ0n) is 21.6. The third kappa shape index (κ3) is 5.12. The van der Waals surface area contributed by atoms with Crippen molar-refractivity contribution in [1.82, 2.24) is 9.55 Å². The summed E-state index contributed by atoms with van der Waals surface area (Å²) in [7, 11) is 1.59. The van der Waals surface area contributed by atoms with Crippen molar-refractivity contribution < 1.29 is 32.5 Å². The third-order valence-corrected chi connectivity index (χ3v) is 6.84. The van der Waals surface area contributed by atoms with Crippen molar-refractivity contribution in [3.63, 3.8) is 0 Å². The van der Waals surface area contributed by atoms with Crippen LogP contribution < -0.4 is 10.3 Å². The van der Waals surface area contributed by atoms with Crippen molar-refractivity contribution in [3.8, 4) is 11.5 Å². The molecule has 206 valence electrons. The number of aryl methyl sites for hydroxylation is 1. The molecule has 3 aromatic carbocycles. The molecule has 0 saturated heterocycles. The molecule has 40 heavy (non-hydrogen) atoms.